The van der Waals surface area contributed by atoms with E-state index in [4.69, 9.17) is 28.1 Å². The highest BCUT2D eigenvalue weighted by molar-refractivity contribution is 5.94. The van der Waals surface area contributed by atoms with Gasteiger partial charge in [-0.2, -0.15) is 0 Å². The molecule has 3 heterocycles. The largest absolute Gasteiger partial charge is 0.497 e. The smallest absolute Gasteiger partial charge is 0.312 e. The van der Waals surface area contributed by atoms with Crippen molar-refractivity contribution in [1.82, 2.24) is 0 Å². The second-order valence-electron chi connectivity index (χ2n) is 8.25. The van der Waals surface area contributed by atoms with Crippen LogP contribution in [0.25, 0.3) is 22.1 Å². The summed E-state index contributed by atoms with van der Waals surface area (Å²) in [6, 6.07) is 14.2. The van der Waals surface area contributed by atoms with Gasteiger partial charge in [-0.15, -0.1) is 0 Å². The highest BCUT2D eigenvalue weighted by Gasteiger charge is 2.34. The number of hydrogen-bond donors (Lipinski definition) is 0. The van der Waals surface area contributed by atoms with Gasteiger partial charge in [0.1, 0.15) is 34.5 Å². The van der Waals surface area contributed by atoms with Crippen LogP contribution in [0.2, 0.25) is 0 Å². The lowest BCUT2D eigenvalue weighted by molar-refractivity contribution is -0.135. The molecule has 0 saturated carbocycles. The van der Waals surface area contributed by atoms with E-state index in [0.717, 1.165) is 5.56 Å². The van der Waals surface area contributed by atoms with E-state index in [1.165, 1.54) is 13.4 Å². The SMILES string of the molecule is COc1ccc(-c2coc3c4c(cc(OC)c3c2=O)OC(=O)CC4c2ccc3c(c2)OCO3)cc1. The molecule has 8 heteroatoms. The molecule has 0 amide bonds. The molecule has 1 unspecified atom stereocenters. The molecule has 0 saturated heterocycles. The molecule has 6 rings (SSSR count). The van der Waals surface area contributed by atoms with E-state index >= 15 is 0 Å². The maximum absolute atomic E-state index is 13.7. The number of carbonyl (C=O) groups is 1. The summed E-state index contributed by atoms with van der Waals surface area (Å²) in [5.74, 6) is 1.68. The van der Waals surface area contributed by atoms with Gasteiger partial charge in [-0.05, 0) is 35.4 Å². The zero-order valence-corrected chi connectivity index (χ0v) is 19.0. The van der Waals surface area contributed by atoms with Crippen molar-refractivity contribution in [3.05, 3.63) is 76.1 Å². The predicted octanol–water partition coefficient (Wildman–Crippen LogP) is 4.65. The molecular weight excluding hydrogens is 452 g/mol. The van der Waals surface area contributed by atoms with Crippen molar-refractivity contribution in [1.29, 1.82) is 0 Å². The van der Waals surface area contributed by atoms with Gasteiger partial charge in [-0.3, -0.25) is 9.59 Å². The van der Waals surface area contributed by atoms with Crippen molar-refractivity contribution in [2.45, 2.75) is 12.3 Å². The van der Waals surface area contributed by atoms with Gasteiger partial charge >= 0.3 is 5.97 Å². The number of benzene rings is 3. The lowest BCUT2D eigenvalue weighted by atomic mass is 9.84. The Morgan fingerprint density at radius 1 is 0.886 bits per heavy atom. The Balaban J connectivity index is 1.57. The average molecular weight is 472 g/mol. The van der Waals surface area contributed by atoms with E-state index in [1.54, 1.807) is 43.5 Å². The summed E-state index contributed by atoms with van der Waals surface area (Å²) in [7, 11) is 3.04. The molecule has 0 fully saturated rings. The minimum atomic E-state index is -0.413. The van der Waals surface area contributed by atoms with Crippen LogP contribution in [0.5, 0.6) is 28.7 Å². The fraction of sp³-hybridized carbons (Fsp3) is 0.185. The number of carbonyl (C=O) groups excluding carboxylic acids is 1. The van der Waals surface area contributed by atoms with Crippen LogP contribution in [0.15, 0.2) is 64.0 Å². The van der Waals surface area contributed by atoms with Crippen LogP contribution in [0.3, 0.4) is 0 Å². The summed E-state index contributed by atoms with van der Waals surface area (Å²) in [5.41, 5.74) is 2.55. The Labute approximate surface area is 199 Å². The first-order valence-electron chi connectivity index (χ1n) is 11.0. The maximum atomic E-state index is 13.7. The van der Waals surface area contributed by atoms with Gasteiger partial charge in [-0.1, -0.05) is 18.2 Å². The minimum absolute atomic E-state index is 0.0814. The Morgan fingerprint density at radius 2 is 1.69 bits per heavy atom. The third-order valence-electron chi connectivity index (χ3n) is 6.38. The number of rotatable bonds is 4. The topological polar surface area (TPSA) is 93.4 Å². The van der Waals surface area contributed by atoms with Crippen molar-refractivity contribution in [2.75, 3.05) is 21.0 Å². The fourth-order valence-electron chi connectivity index (χ4n) is 4.66. The molecule has 2 aliphatic rings. The van der Waals surface area contributed by atoms with Crippen LogP contribution in [-0.2, 0) is 4.79 Å². The van der Waals surface area contributed by atoms with Crippen LogP contribution in [-0.4, -0.2) is 27.0 Å². The van der Waals surface area contributed by atoms with Gasteiger partial charge < -0.3 is 28.1 Å². The fourth-order valence-corrected chi connectivity index (χ4v) is 4.66. The van der Waals surface area contributed by atoms with E-state index < -0.39 is 11.9 Å². The quantitative estimate of drug-likeness (QED) is 0.313. The summed E-state index contributed by atoms with van der Waals surface area (Å²) in [6.07, 6.45) is 1.51. The summed E-state index contributed by atoms with van der Waals surface area (Å²) < 4.78 is 33.3. The molecular formula is C27H20O8. The van der Waals surface area contributed by atoms with Gasteiger partial charge in [0.15, 0.2) is 11.5 Å². The first-order chi connectivity index (χ1) is 17.1. The van der Waals surface area contributed by atoms with Crippen molar-refractivity contribution in [3.8, 4) is 39.9 Å². The number of fused-ring (bicyclic) bond motifs is 4. The van der Waals surface area contributed by atoms with Crippen molar-refractivity contribution in [2.24, 2.45) is 0 Å². The zero-order chi connectivity index (χ0) is 24.1. The summed E-state index contributed by atoms with van der Waals surface area (Å²) in [5, 5.41) is 0.281. The van der Waals surface area contributed by atoms with Crippen LogP contribution in [0.1, 0.15) is 23.5 Å². The molecule has 0 aliphatic carbocycles. The van der Waals surface area contributed by atoms with E-state index in [0.29, 0.717) is 45.3 Å². The van der Waals surface area contributed by atoms with Gasteiger partial charge in [0.2, 0.25) is 12.2 Å². The van der Waals surface area contributed by atoms with Crippen molar-refractivity contribution in [3.63, 3.8) is 0 Å². The second-order valence-corrected chi connectivity index (χ2v) is 8.25. The molecule has 0 N–H and O–H groups in total. The van der Waals surface area contributed by atoms with Crippen LogP contribution >= 0.6 is 0 Å². The molecule has 35 heavy (non-hydrogen) atoms. The zero-order valence-electron chi connectivity index (χ0n) is 19.0. The first kappa shape index (κ1) is 21.1. The normalized spacial score (nSPS) is 16.1. The summed E-state index contributed by atoms with van der Waals surface area (Å²) in [4.78, 5) is 26.2. The molecule has 0 spiro atoms. The predicted molar refractivity (Wildman–Crippen MR) is 126 cm³/mol. The molecule has 176 valence electrons. The van der Waals surface area contributed by atoms with E-state index in [9.17, 15) is 9.59 Å². The molecule has 0 bridgehead atoms. The van der Waals surface area contributed by atoms with Crippen molar-refractivity contribution >= 4 is 16.9 Å². The van der Waals surface area contributed by atoms with E-state index in [1.807, 2.05) is 12.1 Å². The monoisotopic (exact) mass is 472 g/mol. The highest BCUT2D eigenvalue weighted by atomic mass is 16.7. The summed E-state index contributed by atoms with van der Waals surface area (Å²) in [6.45, 7) is 0.144. The molecule has 0 radical (unpaired) electrons. The highest BCUT2D eigenvalue weighted by Crippen LogP contribution is 2.47. The standard InChI is InChI=1S/C27H20O8/c1-30-16-6-3-14(4-7-16)18-12-32-27-24-17(15-5-8-19-20(9-15)34-13-33-19)10-23(28)35-22(24)11-21(31-2)25(27)26(18)29/h3-9,11-12,17H,10,13H2,1-2H3. The van der Waals surface area contributed by atoms with Gasteiger partial charge in [-0.25, -0.2) is 0 Å². The maximum Gasteiger partial charge on any atom is 0.312 e. The van der Waals surface area contributed by atoms with Crippen LogP contribution < -0.4 is 29.1 Å². The van der Waals surface area contributed by atoms with Crippen molar-refractivity contribution < 1.29 is 32.9 Å². The molecule has 2 aliphatic heterocycles. The third kappa shape index (κ3) is 3.37. The van der Waals surface area contributed by atoms with Crippen LogP contribution in [0.4, 0.5) is 0 Å². The van der Waals surface area contributed by atoms with E-state index in [-0.39, 0.29) is 29.8 Å². The summed E-state index contributed by atoms with van der Waals surface area (Å²) >= 11 is 0. The molecule has 4 aromatic rings. The average Bonchev–Trinajstić information content (AvgIpc) is 3.36. The third-order valence-corrected chi connectivity index (χ3v) is 6.38. The Morgan fingerprint density at radius 3 is 2.46 bits per heavy atom. The Hall–Kier alpha value is -4.46. The number of hydrogen-bond acceptors (Lipinski definition) is 8. The Bertz CT molecular complexity index is 1530. The number of methoxy groups -OCH3 is 2. The van der Waals surface area contributed by atoms with Gasteiger partial charge in [0.05, 0.1) is 26.2 Å². The Kier molecular flexibility index (Phi) is 4.88. The lowest BCUT2D eigenvalue weighted by Gasteiger charge is -2.26. The molecule has 1 atom stereocenters. The second kappa shape index (κ2) is 8.09. The molecule has 3 aromatic carbocycles. The lowest BCUT2D eigenvalue weighted by Crippen LogP contribution is -2.22. The number of ether oxygens (including phenoxy) is 5. The first-order valence-corrected chi connectivity index (χ1v) is 11.0. The van der Waals surface area contributed by atoms with Gasteiger partial charge in [0.25, 0.3) is 0 Å². The minimum Gasteiger partial charge on any atom is -0.497 e. The van der Waals surface area contributed by atoms with E-state index in [2.05, 4.69) is 0 Å². The molecule has 8 nitrogen and oxygen atoms in total. The number of esters is 1. The van der Waals surface area contributed by atoms with Crippen LogP contribution in [0, 0.1) is 0 Å². The van der Waals surface area contributed by atoms with Gasteiger partial charge in [0, 0.05) is 17.5 Å². The molecule has 1 aromatic heterocycles.